The van der Waals surface area contributed by atoms with E-state index in [4.69, 9.17) is 4.84 Å². The number of aryl methyl sites for hydroxylation is 2. The lowest BCUT2D eigenvalue weighted by Crippen LogP contribution is -2.25. The number of carbonyl (C=O) groups excluding carboxylic acids is 1. The molecule has 0 bridgehead atoms. The second-order valence-electron chi connectivity index (χ2n) is 5.27. The minimum absolute atomic E-state index is 0.262. The molecule has 3 rings (SSSR count). The fourth-order valence-corrected chi connectivity index (χ4v) is 2.31. The molecule has 0 amide bonds. The molecule has 0 aliphatic carbocycles. The van der Waals surface area contributed by atoms with Crippen LogP contribution in [0.1, 0.15) is 28.7 Å². The highest BCUT2D eigenvalue weighted by Crippen LogP contribution is 2.01. The molecule has 0 spiro atoms. The van der Waals surface area contributed by atoms with Crippen molar-refractivity contribution >= 4 is 17.3 Å². The van der Waals surface area contributed by atoms with Crippen molar-refractivity contribution in [1.29, 1.82) is 0 Å². The molecule has 0 saturated carbocycles. The zero-order chi connectivity index (χ0) is 17.3. The van der Waals surface area contributed by atoms with E-state index >= 15 is 0 Å². The van der Waals surface area contributed by atoms with Crippen LogP contribution in [0.3, 0.4) is 0 Å². The monoisotopic (exact) mass is 325 g/mol. The van der Waals surface area contributed by atoms with Gasteiger partial charge in [0.05, 0.1) is 22.2 Å². The van der Waals surface area contributed by atoms with Crippen LogP contribution in [0.5, 0.6) is 0 Å². The van der Waals surface area contributed by atoms with Crippen LogP contribution >= 0.6 is 0 Å². The van der Waals surface area contributed by atoms with Crippen molar-refractivity contribution in [2.45, 2.75) is 20.8 Å². The zero-order valence-corrected chi connectivity index (χ0v) is 13.4. The lowest BCUT2D eigenvalue weighted by atomic mass is 10.2. The highest BCUT2D eigenvalue weighted by atomic mass is 16.7. The van der Waals surface area contributed by atoms with Gasteiger partial charge in [-0.25, -0.2) is 10.3 Å². The van der Waals surface area contributed by atoms with Gasteiger partial charge in [-0.1, -0.05) is 18.2 Å². The molecule has 2 aromatic heterocycles. The second kappa shape index (κ2) is 6.07. The van der Waals surface area contributed by atoms with Gasteiger partial charge < -0.3 is 4.84 Å². The molecular weight excluding hydrogens is 310 g/mol. The van der Waals surface area contributed by atoms with Gasteiger partial charge in [-0.05, 0) is 32.9 Å². The topological polar surface area (TPSA) is 98.5 Å². The first kappa shape index (κ1) is 15.6. The molecule has 2 heterocycles. The number of hydrogen-bond donors (Lipinski definition) is 1. The van der Waals surface area contributed by atoms with Crippen LogP contribution in [0.25, 0.3) is 11.3 Å². The van der Waals surface area contributed by atoms with Crippen LogP contribution in [0, 0.1) is 13.8 Å². The summed E-state index contributed by atoms with van der Waals surface area (Å²) in [5.41, 5.74) is 4.34. The number of nitrogens with one attached hydrogen (secondary N) is 1. The fourth-order valence-electron chi connectivity index (χ4n) is 2.31. The number of hydrogen-bond acceptors (Lipinski definition) is 7. The molecule has 8 heteroatoms. The second-order valence-corrected chi connectivity index (χ2v) is 5.27. The maximum absolute atomic E-state index is 12.1. The van der Waals surface area contributed by atoms with Gasteiger partial charge in [-0.2, -0.15) is 9.61 Å². The maximum Gasteiger partial charge on any atom is 0.362 e. The molecule has 24 heavy (non-hydrogen) atoms. The summed E-state index contributed by atoms with van der Waals surface area (Å²) in [6.07, 6.45) is 0. The van der Waals surface area contributed by atoms with Crippen LogP contribution in [0.15, 0.2) is 35.1 Å². The van der Waals surface area contributed by atoms with Gasteiger partial charge in [0.1, 0.15) is 5.69 Å². The van der Waals surface area contributed by atoms with Crippen molar-refractivity contribution in [3.8, 4) is 0 Å². The van der Waals surface area contributed by atoms with Crippen LogP contribution in [0.4, 0.5) is 0 Å². The van der Waals surface area contributed by atoms with E-state index in [1.54, 1.807) is 45.0 Å². The Morgan fingerprint density at radius 3 is 2.54 bits per heavy atom. The number of fused-ring (bicyclic) bond motifs is 1. The normalized spacial score (nSPS) is 12.1. The summed E-state index contributed by atoms with van der Waals surface area (Å²) in [5, 5.41) is 12.6. The summed E-state index contributed by atoms with van der Waals surface area (Å²) in [4.78, 5) is 29.1. The smallest absolute Gasteiger partial charge is 0.338 e. The van der Waals surface area contributed by atoms with Crippen molar-refractivity contribution < 1.29 is 9.63 Å². The maximum atomic E-state index is 12.1. The first-order valence-corrected chi connectivity index (χ1v) is 7.25. The number of carbonyl (C=O) groups is 1. The molecule has 0 saturated heterocycles. The van der Waals surface area contributed by atoms with Crippen LogP contribution in [-0.4, -0.2) is 25.8 Å². The van der Waals surface area contributed by atoms with Crippen LogP contribution < -0.4 is 16.3 Å². The predicted octanol–water partition coefficient (Wildman–Crippen LogP) is 0.310. The summed E-state index contributed by atoms with van der Waals surface area (Å²) < 4.78 is 1.19. The van der Waals surface area contributed by atoms with E-state index in [0.717, 1.165) is 0 Å². The number of hydroxylamine groups is 1. The summed E-state index contributed by atoms with van der Waals surface area (Å²) in [7, 11) is 0. The van der Waals surface area contributed by atoms with Gasteiger partial charge in [0.2, 0.25) is 0 Å². The largest absolute Gasteiger partial charge is 0.362 e. The standard InChI is InChI=1S/C16H15N5O3/c1-9-13(14-18-17-11(3)15(22)21(14)19-9)10(2)20-24-16(23)12-7-5-4-6-8-12/h4-8,20H,1-3H3/b13-10+. The first-order chi connectivity index (χ1) is 11.5. The van der Waals surface area contributed by atoms with Crippen molar-refractivity contribution in [3.63, 3.8) is 0 Å². The third-order valence-corrected chi connectivity index (χ3v) is 3.51. The minimum atomic E-state index is -0.518. The molecule has 122 valence electrons. The zero-order valence-electron chi connectivity index (χ0n) is 13.4. The Hall–Kier alpha value is -3.29. The lowest BCUT2D eigenvalue weighted by molar-refractivity contribution is 0.0364. The summed E-state index contributed by atoms with van der Waals surface area (Å²) in [6.45, 7) is 5.01. The van der Waals surface area contributed by atoms with Crippen molar-refractivity contribution in [2.75, 3.05) is 0 Å². The van der Waals surface area contributed by atoms with Gasteiger partial charge in [0, 0.05) is 0 Å². The number of benzene rings is 1. The van der Waals surface area contributed by atoms with E-state index in [1.807, 2.05) is 6.07 Å². The minimum Gasteiger partial charge on any atom is -0.338 e. The van der Waals surface area contributed by atoms with Gasteiger partial charge in [0.25, 0.3) is 5.56 Å². The molecule has 8 nitrogen and oxygen atoms in total. The molecule has 0 atom stereocenters. The quantitative estimate of drug-likeness (QED) is 0.692. The Bertz CT molecular complexity index is 1030. The Labute approximate surface area is 136 Å². The first-order valence-electron chi connectivity index (χ1n) is 7.25. The van der Waals surface area contributed by atoms with Crippen LogP contribution in [-0.2, 0) is 4.84 Å². The van der Waals surface area contributed by atoms with Gasteiger partial charge in [0.15, 0.2) is 5.65 Å². The summed E-state index contributed by atoms with van der Waals surface area (Å²) in [6, 6.07) is 8.60. The third-order valence-electron chi connectivity index (χ3n) is 3.51. The number of nitrogens with zero attached hydrogens (tertiary/aromatic N) is 4. The van der Waals surface area contributed by atoms with Crippen molar-refractivity contribution in [1.82, 2.24) is 25.3 Å². The number of aromatic nitrogens is 4. The molecule has 0 radical (unpaired) electrons. The van der Waals surface area contributed by atoms with Crippen molar-refractivity contribution in [3.05, 3.63) is 62.9 Å². The average molecular weight is 325 g/mol. The molecule has 1 N–H and O–H groups in total. The molecule has 1 aromatic carbocycles. The van der Waals surface area contributed by atoms with Gasteiger partial charge in [-0.3, -0.25) is 4.79 Å². The van der Waals surface area contributed by atoms with E-state index in [2.05, 4.69) is 20.8 Å². The lowest BCUT2D eigenvalue weighted by Gasteiger charge is -2.06. The molecule has 0 unspecified atom stereocenters. The third kappa shape index (κ3) is 2.69. The molecule has 0 aliphatic heterocycles. The highest BCUT2D eigenvalue weighted by Gasteiger charge is 2.13. The molecule has 0 fully saturated rings. The Morgan fingerprint density at radius 2 is 1.83 bits per heavy atom. The SMILES string of the molecule is C/C(NOC(=O)c1ccccc1)=c1/c(C)nn2c(=O)c(C)nnc12. The van der Waals surface area contributed by atoms with E-state index < -0.39 is 5.97 Å². The van der Waals surface area contributed by atoms with Crippen molar-refractivity contribution in [2.24, 2.45) is 0 Å². The van der Waals surface area contributed by atoms with E-state index in [1.165, 1.54) is 4.52 Å². The van der Waals surface area contributed by atoms with Crippen LogP contribution in [0.2, 0.25) is 0 Å². The molecular formula is C16H15N5O3. The molecule has 3 aromatic rings. The fraction of sp³-hybridized carbons (Fsp3) is 0.188. The summed E-state index contributed by atoms with van der Waals surface area (Å²) >= 11 is 0. The van der Waals surface area contributed by atoms with E-state index in [0.29, 0.717) is 27.8 Å². The predicted molar refractivity (Wildman–Crippen MR) is 85.8 cm³/mol. The van der Waals surface area contributed by atoms with Gasteiger partial charge in [-0.15, -0.1) is 10.2 Å². The Balaban J connectivity index is 1.96. The molecule has 0 aliphatic rings. The number of rotatable bonds is 3. The van der Waals surface area contributed by atoms with E-state index in [-0.39, 0.29) is 11.3 Å². The van der Waals surface area contributed by atoms with Gasteiger partial charge >= 0.3 is 5.97 Å². The highest BCUT2D eigenvalue weighted by molar-refractivity contribution is 5.89. The average Bonchev–Trinajstić information content (AvgIpc) is 2.93. The van der Waals surface area contributed by atoms with E-state index in [9.17, 15) is 9.59 Å². The Kier molecular flexibility index (Phi) is 3.95. The summed E-state index contributed by atoms with van der Waals surface area (Å²) in [5.74, 6) is -0.518. The Morgan fingerprint density at radius 1 is 1.12 bits per heavy atom.